The first kappa shape index (κ1) is 18.8. The van der Waals surface area contributed by atoms with Gasteiger partial charge < -0.3 is 10.1 Å². The number of carbonyl (C=O) groups is 2. The topological polar surface area (TPSA) is 92.8 Å². The molecule has 8 heteroatoms. The predicted octanol–water partition coefficient (Wildman–Crippen LogP) is 1.85. The van der Waals surface area contributed by atoms with Gasteiger partial charge in [-0.25, -0.2) is 8.42 Å². The number of benzene rings is 1. The number of anilines is 1. The molecule has 0 aromatic heterocycles. The highest BCUT2D eigenvalue weighted by molar-refractivity contribution is 7.89. The summed E-state index contributed by atoms with van der Waals surface area (Å²) in [6.07, 6.45) is 0.606. The molecule has 1 aromatic rings. The Kier molecular flexibility index (Phi) is 4.39. The van der Waals surface area contributed by atoms with E-state index in [9.17, 15) is 18.0 Å². The largest absolute Gasteiger partial charge is 0.469 e. The van der Waals surface area contributed by atoms with Crippen LogP contribution in [0.4, 0.5) is 5.69 Å². The van der Waals surface area contributed by atoms with Crippen molar-refractivity contribution in [2.75, 3.05) is 25.5 Å². The van der Waals surface area contributed by atoms with Crippen LogP contribution < -0.4 is 5.32 Å². The van der Waals surface area contributed by atoms with Gasteiger partial charge in [0.15, 0.2) is 0 Å². The molecule has 0 bridgehead atoms. The molecule has 3 rings (SSSR count). The minimum Gasteiger partial charge on any atom is -0.469 e. The van der Waals surface area contributed by atoms with Crippen molar-refractivity contribution in [3.05, 3.63) is 24.3 Å². The van der Waals surface area contributed by atoms with Crippen LogP contribution in [0.1, 0.15) is 27.2 Å². The van der Waals surface area contributed by atoms with Gasteiger partial charge in [0.1, 0.15) is 0 Å². The van der Waals surface area contributed by atoms with Crippen LogP contribution in [0.3, 0.4) is 0 Å². The van der Waals surface area contributed by atoms with Gasteiger partial charge in [-0.2, -0.15) is 4.31 Å². The first-order valence-electron chi connectivity index (χ1n) is 8.49. The van der Waals surface area contributed by atoms with Gasteiger partial charge in [0.2, 0.25) is 15.9 Å². The smallest absolute Gasteiger partial charge is 0.313 e. The summed E-state index contributed by atoms with van der Waals surface area (Å²) in [5.74, 6) is -0.688. The molecule has 1 aliphatic carbocycles. The molecule has 26 heavy (non-hydrogen) atoms. The molecule has 0 unspecified atom stereocenters. The van der Waals surface area contributed by atoms with Gasteiger partial charge in [-0.15, -0.1) is 0 Å². The number of sulfonamides is 1. The van der Waals surface area contributed by atoms with Crippen molar-refractivity contribution in [2.45, 2.75) is 32.1 Å². The van der Waals surface area contributed by atoms with Crippen molar-refractivity contribution < 1.29 is 22.7 Å². The van der Waals surface area contributed by atoms with Crippen LogP contribution in [0.15, 0.2) is 29.2 Å². The molecule has 7 nitrogen and oxygen atoms in total. The number of hydrogen-bond donors (Lipinski definition) is 1. The van der Waals surface area contributed by atoms with Crippen molar-refractivity contribution in [1.29, 1.82) is 0 Å². The Morgan fingerprint density at radius 2 is 2.00 bits per heavy atom. The van der Waals surface area contributed by atoms with E-state index in [4.69, 9.17) is 4.74 Å². The number of methoxy groups -OCH3 is 1. The summed E-state index contributed by atoms with van der Waals surface area (Å²) in [5.41, 5.74) is -0.458. The Bertz CT molecular complexity index is 864. The fraction of sp³-hybridized carbons (Fsp3) is 0.556. The zero-order chi connectivity index (χ0) is 19.3. The van der Waals surface area contributed by atoms with E-state index in [1.165, 1.54) is 30.5 Å². The third-order valence-corrected chi connectivity index (χ3v) is 7.42. The second-order valence-corrected chi connectivity index (χ2v) is 9.81. The fourth-order valence-corrected chi connectivity index (χ4v) is 6.17. The first-order valence-corrected chi connectivity index (χ1v) is 9.93. The third kappa shape index (κ3) is 2.81. The maximum absolute atomic E-state index is 13.1. The molecular weight excluding hydrogens is 356 g/mol. The zero-order valence-electron chi connectivity index (χ0n) is 15.4. The molecule has 1 aliphatic heterocycles. The lowest BCUT2D eigenvalue weighted by Crippen LogP contribution is -2.57. The summed E-state index contributed by atoms with van der Waals surface area (Å²) in [5, 5.41) is 2.59. The van der Waals surface area contributed by atoms with Crippen molar-refractivity contribution in [3.8, 4) is 0 Å². The second-order valence-electron chi connectivity index (χ2n) is 7.87. The number of fused-ring (bicyclic) bond motifs is 1. The Balaban J connectivity index is 1.92. The van der Waals surface area contributed by atoms with Crippen molar-refractivity contribution >= 4 is 27.6 Å². The summed E-state index contributed by atoms with van der Waals surface area (Å²) in [7, 11) is -2.44. The quantitative estimate of drug-likeness (QED) is 0.805. The van der Waals surface area contributed by atoms with E-state index in [1.54, 1.807) is 12.1 Å². The minimum absolute atomic E-state index is 0.0734. The van der Waals surface area contributed by atoms with Crippen LogP contribution >= 0.6 is 0 Å². The summed E-state index contributed by atoms with van der Waals surface area (Å²) >= 11 is 0. The molecule has 0 radical (unpaired) electrons. The van der Waals surface area contributed by atoms with E-state index < -0.39 is 15.4 Å². The van der Waals surface area contributed by atoms with Gasteiger partial charge in [0, 0.05) is 25.7 Å². The lowest BCUT2D eigenvalue weighted by Gasteiger charge is -2.54. The molecule has 1 heterocycles. The molecule has 1 saturated heterocycles. The molecule has 2 atom stereocenters. The van der Waals surface area contributed by atoms with Crippen LogP contribution in [-0.2, 0) is 24.3 Å². The number of nitrogens with zero attached hydrogens (tertiary/aromatic N) is 1. The molecule has 142 valence electrons. The molecule has 1 N–H and O–H groups in total. The van der Waals surface area contributed by atoms with E-state index in [1.807, 2.05) is 13.8 Å². The van der Waals surface area contributed by atoms with Crippen LogP contribution in [0.5, 0.6) is 0 Å². The molecule has 1 aromatic carbocycles. The van der Waals surface area contributed by atoms with Gasteiger partial charge in [-0.05, 0) is 36.0 Å². The zero-order valence-corrected chi connectivity index (χ0v) is 16.2. The lowest BCUT2D eigenvalue weighted by molar-refractivity contribution is -0.174. The summed E-state index contributed by atoms with van der Waals surface area (Å²) in [6.45, 7) is 5.87. The fourth-order valence-electron chi connectivity index (χ4n) is 4.60. The van der Waals surface area contributed by atoms with Gasteiger partial charge in [0.05, 0.1) is 17.4 Å². The average molecular weight is 380 g/mol. The predicted molar refractivity (Wildman–Crippen MR) is 95.8 cm³/mol. The number of nitrogens with one attached hydrogen (secondary N) is 1. The molecule has 1 amide bonds. The highest BCUT2D eigenvalue weighted by Gasteiger charge is 2.68. The minimum atomic E-state index is -3.78. The van der Waals surface area contributed by atoms with E-state index >= 15 is 0 Å². The van der Waals surface area contributed by atoms with Gasteiger partial charge in [-0.1, -0.05) is 19.9 Å². The van der Waals surface area contributed by atoms with E-state index in [0.717, 1.165) is 0 Å². The van der Waals surface area contributed by atoms with Crippen molar-refractivity contribution in [3.63, 3.8) is 0 Å². The lowest BCUT2D eigenvalue weighted by atomic mass is 9.48. The number of rotatable bonds is 4. The number of carbonyl (C=O) groups excluding carboxylic acids is 2. The summed E-state index contributed by atoms with van der Waals surface area (Å²) in [6, 6.07) is 6.15. The Morgan fingerprint density at radius 1 is 1.31 bits per heavy atom. The Morgan fingerprint density at radius 3 is 2.58 bits per heavy atom. The number of esters is 1. The van der Waals surface area contributed by atoms with Crippen LogP contribution in [0, 0.1) is 16.7 Å². The summed E-state index contributed by atoms with van der Waals surface area (Å²) < 4.78 is 32.6. The van der Waals surface area contributed by atoms with E-state index in [2.05, 4.69) is 5.32 Å². The normalized spacial score (nSPS) is 27.3. The molecular formula is C18H24N2O5S. The Labute approximate surface area is 153 Å². The maximum Gasteiger partial charge on any atom is 0.313 e. The van der Waals surface area contributed by atoms with E-state index in [-0.39, 0.29) is 41.2 Å². The first-order chi connectivity index (χ1) is 12.0. The van der Waals surface area contributed by atoms with Crippen molar-refractivity contribution in [2.24, 2.45) is 16.7 Å². The molecule has 2 aliphatic rings. The maximum atomic E-state index is 13.1. The highest BCUT2D eigenvalue weighted by Crippen LogP contribution is 2.63. The van der Waals surface area contributed by atoms with Crippen LogP contribution in [0.2, 0.25) is 0 Å². The van der Waals surface area contributed by atoms with Gasteiger partial charge in [0.25, 0.3) is 0 Å². The van der Waals surface area contributed by atoms with Crippen molar-refractivity contribution in [1.82, 2.24) is 4.31 Å². The summed E-state index contributed by atoms with van der Waals surface area (Å²) in [4.78, 5) is 23.7. The average Bonchev–Trinajstić information content (AvgIpc) is 2.90. The second kappa shape index (κ2) is 6.06. The SMILES string of the molecule is COC(=O)[C@@]12CN(S(=O)(=O)c3cccc(NC(C)=O)c3)C[C@@H]1C(C)(C)C2. The monoisotopic (exact) mass is 380 g/mol. The standard InChI is InChI=1S/C18H24N2O5S/c1-12(21)19-13-6-5-7-14(8-13)26(23,24)20-9-15-17(2,3)10-18(15,11-20)16(22)25-4/h5-8,15H,9-11H2,1-4H3,(H,19,21)/t15-,18+/m1/s1. The van der Waals surface area contributed by atoms with E-state index in [0.29, 0.717) is 12.1 Å². The number of hydrogen-bond acceptors (Lipinski definition) is 5. The number of amides is 1. The number of ether oxygens (including phenoxy) is 1. The third-order valence-electron chi connectivity index (χ3n) is 5.61. The van der Waals surface area contributed by atoms with Gasteiger partial charge >= 0.3 is 5.97 Å². The molecule has 1 saturated carbocycles. The Hall–Kier alpha value is -1.93. The molecule has 0 spiro atoms. The molecule has 2 fully saturated rings. The van der Waals surface area contributed by atoms with Crippen LogP contribution in [-0.4, -0.2) is 44.8 Å². The van der Waals surface area contributed by atoms with Gasteiger partial charge in [-0.3, -0.25) is 9.59 Å². The highest BCUT2D eigenvalue weighted by atomic mass is 32.2. The van der Waals surface area contributed by atoms with Crippen LogP contribution in [0.25, 0.3) is 0 Å².